The van der Waals surface area contributed by atoms with Gasteiger partial charge in [-0.3, -0.25) is 10.1 Å². The molecule has 0 saturated heterocycles. The van der Waals surface area contributed by atoms with Crippen molar-refractivity contribution in [3.05, 3.63) is 0 Å². The molecule has 0 aliphatic heterocycles. The highest BCUT2D eigenvalue weighted by Gasteiger charge is 2.32. The quantitative estimate of drug-likeness (QED) is 0.710. The second kappa shape index (κ2) is 8.88. The fourth-order valence-electron chi connectivity index (χ4n) is 2.95. The number of carbonyl (C=O) groups excluding carboxylic acids is 1. The summed E-state index contributed by atoms with van der Waals surface area (Å²) in [5.41, 5.74) is -0.0832. The Morgan fingerprint density at radius 2 is 1.95 bits per heavy atom. The summed E-state index contributed by atoms with van der Waals surface area (Å²) >= 11 is 0. The molecule has 1 atom stereocenters. The van der Waals surface area contributed by atoms with Gasteiger partial charge in [0.25, 0.3) is 0 Å². The van der Waals surface area contributed by atoms with Crippen LogP contribution in [0.1, 0.15) is 72.6 Å². The molecule has 0 bridgehead atoms. The highest BCUT2D eigenvalue weighted by Crippen LogP contribution is 2.40. The fraction of sp³-hybridized carbons (Fsp3) is 0.944. The average Bonchev–Trinajstić information content (AvgIpc) is 2.91. The molecule has 1 amide bonds. The minimum absolute atomic E-state index is 0.00584. The van der Waals surface area contributed by atoms with Gasteiger partial charge in [0, 0.05) is 26.2 Å². The molecule has 4 heteroatoms. The average molecular weight is 312 g/mol. The number of carbonyl (C=O) groups is 1. The van der Waals surface area contributed by atoms with Crippen molar-refractivity contribution >= 4 is 5.91 Å². The van der Waals surface area contributed by atoms with Gasteiger partial charge >= 0.3 is 0 Å². The van der Waals surface area contributed by atoms with Crippen molar-refractivity contribution in [2.24, 2.45) is 11.3 Å². The van der Waals surface area contributed by atoms with E-state index in [1.807, 2.05) is 20.8 Å². The van der Waals surface area contributed by atoms with Gasteiger partial charge in [-0.15, -0.1) is 0 Å². The van der Waals surface area contributed by atoms with E-state index in [0.717, 1.165) is 25.7 Å². The Morgan fingerprint density at radius 3 is 2.50 bits per heavy atom. The van der Waals surface area contributed by atoms with E-state index in [4.69, 9.17) is 4.74 Å². The first-order valence-corrected chi connectivity index (χ1v) is 8.71. The van der Waals surface area contributed by atoms with Gasteiger partial charge in [0.1, 0.15) is 0 Å². The first-order valence-electron chi connectivity index (χ1n) is 8.71. The van der Waals surface area contributed by atoms with Gasteiger partial charge in [-0.05, 0) is 57.8 Å². The van der Waals surface area contributed by atoms with Crippen LogP contribution in [0.15, 0.2) is 0 Å². The third-order valence-electron chi connectivity index (χ3n) is 4.58. The highest BCUT2D eigenvalue weighted by molar-refractivity contribution is 5.75. The molecule has 129 valence electrons. The number of amides is 1. The Morgan fingerprint density at radius 1 is 1.32 bits per heavy atom. The standard InChI is InChI=1S/C18H34NO3/c1-15(13-22-17(2,3)4)7-8-16(21)19-12-11-18(14-20)9-5-6-10-18/h15,20H,5-14H2,1-4H3. The van der Waals surface area contributed by atoms with Crippen molar-refractivity contribution in [2.75, 3.05) is 19.8 Å². The number of hydrogen-bond acceptors (Lipinski definition) is 3. The van der Waals surface area contributed by atoms with Gasteiger partial charge < -0.3 is 9.84 Å². The number of hydrogen-bond donors (Lipinski definition) is 1. The Bertz CT molecular complexity index is 330. The lowest BCUT2D eigenvalue weighted by Gasteiger charge is -2.25. The normalized spacial score (nSPS) is 19.1. The summed E-state index contributed by atoms with van der Waals surface area (Å²) in [5.74, 6) is 0.366. The van der Waals surface area contributed by atoms with E-state index in [1.54, 1.807) is 0 Å². The summed E-state index contributed by atoms with van der Waals surface area (Å²) in [6.45, 7) is 9.72. The second-order valence-corrected chi connectivity index (χ2v) is 7.96. The van der Waals surface area contributed by atoms with Crippen LogP contribution < -0.4 is 5.32 Å². The van der Waals surface area contributed by atoms with Crippen molar-refractivity contribution in [2.45, 2.75) is 78.2 Å². The van der Waals surface area contributed by atoms with E-state index in [0.29, 0.717) is 25.5 Å². The molecule has 1 radical (unpaired) electrons. The molecule has 4 nitrogen and oxygen atoms in total. The minimum Gasteiger partial charge on any atom is -0.396 e. The van der Waals surface area contributed by atoms with Crippen LogP contribution >= 0.6 is 0 Å². The molecule has 1 saturated carbocycles. The lowest BCUT2D eigenvalue weighted by Crippen LogP contribution is -2.28. The highest BCUT2D eigenvalue weighted by atomic mass is 16.5. The van der Waals surface area contributed by atoms with Crippen LogP contribution in [-0.2, 0) is 9.53 Å². The molecule has 0 spiro atoms. The fourth-order valence-corrected chi connectivity index (χ4v) is 2.95. The van der Waals surface area contributed by atoms with E-state index >= 15 is 0 Å². The molecule has 0 aromatic heterocycles. The first-order chi connectivity index (χ1) is 10.3. The van der Waals surface area contributed by atoms with E-state index in [2.05, 4.69) is 12.2 Å². The van der Waals surface area contributed by atoms with Crippen LogP contribution in [0.4, 0.5) is 0 Å². The summed E-state index contributed by atoms with van der Waals surface area (Å²) in [5, 5.41) is 13.7. The lowest BCUT2D eigenvalue weighted by molar-refractivity contribution is -0.122. The third kappa shape index (κ3) is 7.59. The maximum atomic E-state index is 11.8. The van der Waals surface area contributed by atoms with Crippen molar-refractivity contribution in [3.8, 4) is 0 Å². The molecule has 1 unspecified atom stereocenters. The minimum atomic E-state index is -0.122. The van der Waals surface area contributed by atoms with Crippen LogP contribution in [0.5, 0.6) is 0 Å². The van der Waals surface area contributed by atoms with Crippen molar-refractivity contribution in [1.82, 2.24) is 5.32 Å². The van der Waals surface area contributed by atoms with Gasteiger partial charge in [-0.2, -0.15) is 0 Å². The number of aliphatic hydroxyl groups excluding tert-OH is 1. The Kier molecular flexibility index (Phi) is 7.84. The molecule has 1 rings (SSSR count). The molecule has 0 aromatic rings. The Labute approximate surface area is 136 Å². The first kappa shape index (κ1) is 19.4. The van der Waals surface area contributed by atoms with Gasteiger partial charge in [0.05, 0.1) is 5.60 Å². The van der Waals surface area contributed by atoms with Gasteiger partial charge in [-0.25, -0.2) is 0 Å². The molecule has 1 N–H and O–H groups in total. The van der Waals surface area contributed by atoms with Crippen molar-refractivity contribution in [3.63, 3.8) is 0 Å². The molecule has 1 fully saturated rings. The number of ether oxygens (including phenoxy) is 1. The van der Waals surface area contributed by atoms with E-state index in [-0.39, 0.29) is 23.5 Å². The zero-order chi connectivity index (χ0) is 16.6. The largest absolute Gasteiger partial charge is 0.396 e. The van der Waals surface area contributed by atoms with Crippen LogP contribution in [0.2, 0.25) is 0 Å². The van der Waals surface area contributed by atoms with Crippen LogP contribution in [0, 0.1) is 11.3 Å². The van der Waals surface area contributed by atoms with Gasteiger partial charge in [-0.1, -0.05) is 19.8 Å². The van der Waals surface area contributed by atoms with E-state index in [1.165, 1.54) is 12.8 Å². The molecule has 1 aliphatic rings. The summed E-state index contributed by atoms with van der Waals surface area (Å²) in [4.78, 5) is 11.8. The molecular formula is C18H34NO3. The van der Waals surface area contributed by atoms with E-state index < -0.39 is 0 Å². The topological polar surface area (TPSA) is 60.6 Å². The predicted molar refractivity (Wildman–Crippen MR) is 88.7 cm³/mol. The molecular weight excluding hydrogens is 278 g/mol. The zero-order valence-electron chi connectivity index (χ0n) is 14.9. The Balaban J connectivity index is 2.13. The van der Waals surface area contributed by atoms with Crippen LogP contribution in [0.25, 0.3) is 0 Å². The maximum Gasteiger partial charge on any atom is 0.241 e. The number of aliphatic hydroxyl groups is 1. The van der Waals surface area contributed by atoms with Gasteiger partial charge in [0.15, 0.2) is 0 Å². The number of nitrogens with zero attached hydrogens (tertiary/aromatic N) is 1. The molecule has 0 aromatic carbocycles. The zero-order valence-corrected chi connectivity index (χ0v) is 14.9. The maximum absolute atomic E-state index is 11.8. The molecule has 22 heavy (non-hydrogen) atoms. The summed E-state index contributed by atoms with van der Waals surface area (Å²) < 4.78 is 5.73. The monoisotopic (exact) mass is 312 g/mol. The Hall–Kier alpha value is -0.610. The smallest absolute Gasteiger partial charge is 0.241 e. The van der Waals surface area contributed by atoms with Crippen LogP contribution in [-0.4, -0.2) is 36.4 Å². The SMILES string of the molecule is CC(CCC(=O)[N]CCC1(CO)CCCC1)COC(C)(C)C. The van der Waals surface area contributed by atoms with Crippen molar-refractivity contribution in [1.29, 1.82) is 0 Å². The summed E-state index contributed by atoms with van der Waals surface area (Å²) in [7, 11) is 0. The molecule has 0 heterocycles. The van der Waals surface area contributed by atoms with Crippen molar-refractivity contribution < 1.29 is 14.6 Å². The lowest BCUT2D eigenvalue weighted by atomic mass is 9.84. The molecule has 1 aliphatic carbocycles. The van der Waals surface area contributed by atoms with Gasteiger partial charge in [0.2, 0.25) is 5.91 Å². The van der Waals surface area contributed by atoms with E-state index in [9.17, 15) is 9.90 Å². The number of rotatable bonds is 9. The predicted octanol–water partition coefficient (Wildman–Crippen LogP) is 3.29. The second-order valence-electron chi connectivity index (χ2n) is 7.96. The third-order valence-corrected chi connectivity index (χ3v) is 4.58. The summed E-state index contributed by atoms with van der Waals surface area (Å²) in [6, 6.07) is 0. The van der Waals surface area contributed by atoms with Crippen LogP contribution in [0.3, 0.4) is 0 Å². The summed E-state index contributed by atoms with van der Waals surface area (Å²) in [6.07, 6.45) is 6.71.